The monoisotopic (exact) mass is 557 g/mol. The summed E-state index contributed by atoms with van der Waals surface area (Å²) in [7, 11) is 0. The van der Waals surface area contributed by atoms with E-state index >= 15 is 0 Å². The van der Waals surface area contributed by atoms with E-state index in [9.17, 15) is 9.90 Å². The van der Waals surface area contributed by atoms with Gasteiger partial charge in [0.1, 0.15) is 17.6 Å². The minimum absolute atomic E-state index is 0. The van der Waals surface area contributed by atoms with Crippen LogP contribution in [0.25, 0.3) is 0 Å². The molecule has 1 unspecified atom stereocenters. The average Bonchev–Trinajstić information content (AvgIpc) is 2.92. The molecule has 10 heteroatoms. The Hall–Kier alpha value is -3.49. The first-order valence-electron chi connectivity index (χ1n) is 12.4. The standard InChI is InChI=1S/C28H31N5O3.2ClH/c29-27(31-28(34)35)26-25-18-24(7-6-21(25)12-17-33(26)23-4-2-1-3-5-23)36-19-20-10-15-32(16-11-20)22-8-13-30-14-9-22;;/h1-9,13-14,18,20,26H,10-12,15-17,19H2,(H2,29,31)(H,34,35);2*1H. The molecular formula is C28H33Cl2N5O3. The van der Waals surface area contributed by atoms with E-state index in [1.165, 1.54) is 5.69 Å². The second-order valence-electron chi connectivity index (χ2n) is 9.33. The van der Waals surface area contributed by atoms with Crippen LogP contribution >= 0.6 is 24.8 Å². The molecule has 1 atom stereocenters. The Morgan fingerprint density at radius 2 is 1.71 bits per heavy atom. The lowest BCUT2D eigenvalue weighted by Gasteiger charge is -2.39. The van der Waals surface area contributed by atoms with E-state index in [-0.39, 0.29) is 30.6 Å². The largest absolute Gasteiger partial charge is 0.493 e. The number of amidine groups is 1. The number of carboxylic acid groups (broad SMARTS) is 1. The van der Waals surface area contributed by atoms with Gasteiger partial charge >= 0.3 is 6.09 Å². The summed E-state index contributed by atoms with van der Waals surface area (Å²) in [6, 6.07) is 19.4. The molecule has 0 radical (unpaired) electrons. The molecule has 202 valence electrons. The molecule has 1 saturated heterocycles. The summed E-state index contributed by atoms with van der Waals surface area (Å²) < 4.78 is 6.25. The Morgan fingerprint density at radius 3 is 2.39 bits per heavy atom. The van der Waals surface area contributed by atoms with Crippen molar-refractivity contribution in [2.75, 3.05) is 36.0 Å². The van der Waals surface area contributed by atoms with Gasteiger partial charge in [0.05, 0.1) is 6.61 Å². The number of halogens is 2. The predicted octanol–water partition coefficient (Wildman–Crippen LogP) is 5.57. The predicted molar refractivity (Wildman–Crippen MR) is 155 cm³/mol. The van der Waals surface area contributed by atoms with Crippen molar-refractivity contribution in [3.8, 4) is 5.75 Å². The third-order valence-corrected chi connectivity index (χ3v) is 7.08. The maximum atomic E-state index is 11.4. The van der Waals surface area contributed by atoms with Gasteiger partial charge in [0.2, 0.25) is 0 Å². The van der Waals surface area contributed by atoms with E-state index in [0.717, 1.165) is 54.9 Å². The van der Waals surface area contributed by atoms with Crippen molar-refractivity contribution in [2.45, 2.75) is 25.3 Å². The second kappa shape index (κ2) is 13.3. The third kappa shape index (κ3) is 6.68. The van der Waals surface area contributed by atoms with E-state index in [1.807, 2.05) is 54.9 Å². The van der Waals surface area contributed by atoms with Crippen LogP contribution in [0.4, 0.5) is 16.2 Å². The van der Waals surface area contributed by atoms with Crippen LogP contribution in [-0.4, -0.2) is 48.3 Å². The maximum Gasteiger partial charge on any atom is 0.410 e. The summed E-state index contributed by atoms with van der Waals surface area (Å²) in [6.07, 6.45) is 5.37. The van der Waals surface area contributed by atoms with E-state index in [2.05, 4.69) is 38.3 Å². The SMILES string of the molecule is Cl.Cl.N=C(NC(=O)O)C1c2cc(OCC3CCN(c4ccncc4)CC3)ccc2CCN1c1ccccc1. The van der Waals surface area contributed by atoms with Crippen molar-refractivity contribution in [3.63, 3.8) is 0 Å². The minimum atomic E-state index is -1.23. The number of benzene rings is 2. The van der Waals surface area contributed by atoms with Crippen molar-refractivity contribution in [2.24, 2.45) is 5.92 Å². The third-order valence-electron chi connectivity index (χ3n) is 7.08. The van der Waals surface area contributed by atoms with Crippen LogP contribution in [0.2, 0.25) is 0 Å². The Morgan fingerprint density at radius 1 is 1.00 bits per heavy atom. The number of rotatable bonds is 6. The minimum Gasteiger partial charge on any atom is -0.493 e. The van der Waals surface area contributed by atoms with Gasteiger partial charge in [-0.2, -0.15) is 0 Å². The molecular weight excluding hydrogens is 525 g/mol. The number of aromatic nitrogens is 1. The average molecular weight is 559 g/mol. The highest BCUT2D eigenvalue weighted by Gasteiger charge is 2.32. The fourth-order valence-corrected chi connectivity index (χ4v) is 5.20. The molecule has 5 rings (SSSR count). The summed E-state index contributed by atoms with van der Waals surface area (Å²) in [5.41, 5.74) is 4.19. The van der Waals surface area contributed by atoms with Gasteiger partial charge in [0.25, 0.3) is 0 Å². The number of piperidine rings is 1. The lowest BCUT2D eigenvalue weighted by atomic mass is 9.90. The maximum absolute atomic E-state index is 11.4. The molecule has 3 aromatic rings. The summed E-state index contributed by atoms with van der Waals surface area (Å²) in [5.74, 6) is 1.17. The Bertz CT molecular complexity index is 1210. The van der Waals surface area contributed by atoms with Gasteiger partial charge in [-0.3, -0.25) is 15.7 Å². The quantitative estimate of drug-likeness (QED) is 0.270. The molecule has 3 N–H and O–H groups in total. The van der Waals surface area contributed by atoms with E-state index < -0.39 is 12.1 Å². The zero-order valence-electron chi connectivity index (χ0n) is 21.0. The molecule has 2 aliphatic rings. The molecule has 3 heterocycles. The van der Waals surface area contributed by atoms with Crippen molar-refractivity contribution in [1.82, 2.24) is 10.3 Å². The summed E-state index contributed by atoms with van der Waals surface area (Å²) in [4.78, 5) is 19.9. The zero-order valence-corrected chi connectivity index (χ0v) is 22.6. The van der Waals surface area contributed by atoms with Crippen LogP contribution in [0.15, 0.2) is 73.1 Å². The number of fused-ring (bicyclic) bond motifs is 1. The second-order valence-corrected chi connectivity index (χ2v) is 9.33. The summed E-state index contributed by atoms with van der Waals surface area (Å²) >= 11 is 0. The molecule has 1 fully saturated rings. The van der Waals surface area contributed by atoms with Crippen LogP contribution in [0.3, 0.4) is 0 Å². The lowest BCUT2D eigenvalue weighted by molar-refractivity contribution is 0.200. The van der Waals surface area contributed by atoms with Crippen LogP contribution in [0, 0.1) is 11.3 Å². The van der Waals surface area contributed by atoms with Gasteiger partial charge in [0, 0.05) is 43.4 Å². The molecule has 0 bridgehead atoms. The zero-order chi connectivity index (χ0) is 24.9. The molecule has 2 aromatic carbocycles. The molecule has 0 aliphatic carbocycles. The normalized spacial score (nSPS) is 16.9. The molecule has 0 saturated carbocycles. The van der Waals surface area contributed by atoms with E-state index in [4.69, 9.17) is 10.1 Å². The number of pyridine rings is 1. The van der Waals surface area contributed by atoms with Crippen molar-refractivity contribution >= 4 is 48.1 Å². The Kier molecular flexibility index (Phi) is 10.2. The Labute approximate surface area is 235 Å². The first kappa shape index (κ1) is 29.1. The number of amides is 1. The number of nitrogens with zero attached hydrogens (tertiary/aromatic N) is 3. The fourth-order valence-electron chi connectivity index (χ4n) is 5.20. The highest BCUT2D eigenvalue weighted by molar-refractivity contribution is 5.99. The van der Waals surface area contributed by atoms with Gasteiger partial charge in [0.15, 0.2) is 0 Å². The van der Waals surface area contributed by atoms with Crippen LogP contribution in [-0.2, 0) is 6.42 Å². The van der Waals surface area contributed by atoms with E-state index in [1.54, 1.807) is 0 Å². The van der Waals surface area contributed by atoms with Crippen molar-refractivity contribution in [1.29, 1.82) is 5.41 Å². The van der Waals surface area contributed by atoms with Crippen molar-refractivity contribution in [3.05, 3.63) is 84.2 Å². The molecule has 2 aliphatic heterocycles. The van der Waals surface area contributed by atoms with Crippen LogP contribution in [0.5, 0.6) is 5.75 Å². The fraction of sp³-hybridized carbons (Fsp3) is 0.321. The topological polar surface area (TPSA) is 102 Å². The molecule has 38 heavy (non-hydrogen) atoms. The number of ether oxygens (including phenoxy) is 1. The van der Waals surface area contributed by atoms with Gasteiger partial charge in [-0.1, -0.05) is 24.3 Å². The molecule has 1 amide bonds. The number of anilines is 2. The summed E-state index contributed by atoms with van der Waals surface area (Å²) in [6.45, 7) is 3.32. The number of hydrogen-bond donors (Lipinski definition) is 3. The molecule has 0 spiro atoms. The first-order valence-corrected chi connectivity index (χ1v) is 12.4. The number of hydrogen-bond acceptors (Lipinski definition) is 6. The first-order chi connectivity index (χ1) is 17.6. The van der Waals surface area contributed by atoms with Crippen molar-refractivity contribution < 1.29 is 14.6 Å². The molecule has 1 aromatic heterocycles. The summed E-state index contributed by atoms with van der Waals surface area (Å²) in [5, 5.41) is 20.1. The van der Waals surface area contributed by atoms with Gasteiger partial charge in [-0.15, -0.1) is 24.8 Å². The number of nitrogens with one attached hydrogen (secondary N) is 2. The number of para-hydroxylation sites is 1. The highest BCUT2D eigenvalue weighted by Crippen LogP contribution is 2.36. The molecule has 8 nitrogen and oxygen atoms in total. The van der Waals surface area contributed by atoms with E-state index in [0.29, 0.717) is 19.1 Å². The van der Waals surface area contributed by atoms with Gasteiger partial charge in [-0.25, -0.2) is 4.79 Å². The Balaban J connectivity index is 0.00000200. The van der Waals surface area contributed by atoms with Crippen LogP contribution < -0.4 is 19.9 Å². The smallest absolute Gasteiger partial charge is 0.410 e. The van der Waals surface area contributed by atoms with Crippen LogP contribution in [0.1, 0.15) is 30.0 Å². The van der Waals surface area contributed by atoms with Gasteiger partial charge in [-0.05, 0) is 72.7 Å². The van der Waals surface area contributed by atoms with Gasteiger partial charge < -0.3 is 19.6 Å². The number of carbonyl (C=O) groups is 1. The highest BCUT2D eigenvalue weighted by atomic mass is 35.5. The lowest BCUT2D eigenvalue weighted by Crippen LogP contribution is -2.45.